The summed E-state index contributed by atoms with van der Waals surface area (Å²) in [4.78, 5) is 39.5. The van der Waals surface area contributed by atoms with E-state index in [0.717, 1.165) is 38.5 Å². The van der Waals surface area contributed by atoms with Crippen molar-refractivity contribution in [2.75, 3.05) is 13.1 Å². The zero-order valence-electron chi connectivity index (χ0n) is 14.9. The van der Waals surface area contributed by atoms with Crippen molar-refractivity contribution in [1.82, 2.24) is 19.2 Å². The first-order valence-electron chi connectivity index (χ1n) is 9.72. The third kappa shape index (κ3) is 2.53. The van der Waals surface area contributed by atoms with E-state index in [-0.39, 0.29) is 24.5 Å². The molecule has 4 aliphatic rings. The van der Waals surface area contributed by atoms with Crippen LogP contribution in [0.15, 0.2) is 9.59 Å². The molecule has 0 aromatic carbocycles. The van der Waals surface area contributed by atoms with E-state index < -0.39 is 16.7 Å². The Morgan fingerprint density at radius 3 is 2.58 bits per heavy atom. The molecule has 2 saturated carbocycles. The summed E-state index contributed by atoms with van der Waals surface area (Å²) < 4.78 is 8.99. The molecule has 1 amide bonds. The third-order valence-electron chi connectivity index (χ3n) is 6.35. The molecule has 3 heterocycles. The average molecular weight is 360 g/mol. The van der Waals surface area contributed by atoms with Crippen molar-refractivity contribution >= 4 is 5.91 Å². The smallest absolute Gasteiger partial charge is 0.332 e. The van der Waals surface area contributed by atoms with Gasteiger partial charge < -0.3 is 9.64 Å². The van der Waals surface area contributed by atoms with Crippen LogP contribution in [0, 0.1) is 5.92 Å². The molecule has 0 bridgehead atoms. The normalized spacial score (nSPS) is 28.7. The third-order valence-corrected chi connectivity index (χ3v) is 6.35. The Kier molecular flexibility index (Phi) is 3.60. The highest BCUT2D eigenvalue weighted by Gasteiger charge is 2.47. The predicted octanol–water partition coefficient (Wildman–Crippen LogP) is 0.431. The van der Waals surface area contributed by atoms with E-state index in [1.54, 1.807) is 0 Å². The molecular formula is C18H24N4O4. The standard InChI is InChI=1S/C18H24N4O4/c23-15(12-5-6-12)20-8-7-18(10-20)11-21-14(9-26-18)19-22(17(25)16(21)24)13-3-1-2-4-13/h12-13H,1-11H2/t18-/m1/s1. The van der Waals surface area contributed by atoms with Gasteiger partial charge in [0, 0.05) is 12.5 Å². The molecule has 8 nitrogen and oxygen atoms in total. The maximum Gasteiger partial charge on any atom is 0.332 e. The minimum atomic E-state index is -0.560. The van der Waals surface area contributed by atoms with Crippen molar-refractivity contribution in [3.63, 3.8) is 0 Å². The number of likely N-dealkylation sites (tertiary alicyclic amines) is 1. The van der Waals surface area contributed by atoms with Gasteiger partial charge in [-0.1, -0.05) is 12.8 Å². The summed E-state index contributed by atoms with van der Waals surface area (Å²) in [6, 6.07) is 0.0372. The molecule has 2 aliphatic carbocycles. The summed E-state index contributed by atoms with van der Waals surface area (Å²) in [6.45, 7) is 1.68. The molecule has 1 atom stereocenters. The Balaban J connectivity index is 1.43. The molecule has 26 heavy (non-hydrogen) atoms. The monoisotopic (exact) mass is 360 g/mol. The largest absolute Gasteiger partial charge is 0.363 e. The summed E-state index contributed by atoms with van der Waals surface area (Å²) >= 11 is 0. The van der Waals surface area contributed by atoms with Gasteiger partial charge in [0.25, 0.3) is 0 Å². The number of carbonyl (C=O) groups excluding carboxylic acids is 1. The van der Waals surface area contributed by atoms with Crippen molar-refractivity contribution in [3.05, 3.63) is 26.5 Å². The molecule has 140 valence electrons. The Bertz CT molecular complexity index is 865. The molecule has 5 rings (SSSR count). The van der Waals surface area contributed by atoms with Crippen LogP contribution in [0.4, 0.5) is 0 Å². The number of ether oxygens (including phenoxy) is 1. The van der Waals surface area contributed by atoms with Crippen molar-refractivity contribution in [2.24, 2.45) is 5.92 Å². The summed E-state index contributed by atoms with van der Waals surface area (Å²) in [7, 11) is 0. The molecule has 1 aromatic heterocycles. The van der Waals surface area contributed by atoms with Gasteiger partial charge in [0.15, 0.2) is 5.82 Å². The summed E-state index contributed by atoms with van der Waals surface area (Å²) in [5.74, 6) is 0.918. The molecular weight excluding hydrogens is 336 g/mol. The van der Waals surface area contributed by atoms with Crippen LogP contribution in [-0.4, -0.2) is 43.8 Å². The fourth-order valence-corrected chi connectivity index (χ4v) is 4.64. The van der Waals surface area contributed by atoms with E-state index in [2.05, 4.69) is 5.10 Å². The Morgan fingerprint density at radius 1 is 1.08 bits per heavy atom. The number of carbonyl (C=O) groups is 1. The first-order valence-corrected chi connectivity index (χ1v) is 9.72. The lowest BCUT2D eigenvalue weighted by Crippen LogP contribution is -2.53. The molecule has 1 saturated heterocycles. The number of amides is 1. The molecule has 8 heteroatoms. The molecule has 0 unspecified atom stereocenters. The predicted molar refractivity (Wildman–Crippen MR) is 91.7 cm³/mol. The minimum Gasteiger partial charge on any atom is -0.363 e. The second-order valence-corrected chi connectivity index (χ2v) is 8.25. The highest BCUT2D eigenvalue weighted by Crippen LogP contribution is 2.36. The van der Waals surface area contributed by atoms with Gasteiger partial charge in [-0.25, -0.2) is 4.68 Å². The molecule has 3 fully saturated rings. The maximum absolute atomic E-state index is 12.7. The van der Waals surface area contributed by atoms with Crippen LogP contribution < -0.4 is 11.1 Å². The summed E-state index contributed by atoms with van der Waals surface area (Å²) in [5, 5.41) is 4.46. The van der Waals surface area contributed by atoms with Gasteiger partial charge in [0.1, 0.15) is 12.2 Å². The van der Waals surface area contributed by atoms with Crippen LogP contribution in [0.25, 0.3) is 0 Å². The van der Waals surface area contributed by atoms with Crippen molar-refractivity contribution in [3.8, 4) is 0 Å². The minimum absolute atomic E-state index is 0.0372. The highest BCUT2D eigenvalue weighted by molar-refractivity contribution is 5.81. The van der Waals surface area contributed by atoms with E-state index in [1.807, 2.05) is 4.90 Å². The van der Waals surface area contributed by atoms with Crippen LogP contribution in [0.3, 0.4) is 0 Å². The van der Waals surface area contributed by atoms with Crippen molar-refractivity contribution in [2.45, 2.75) is 69.7 Å². The zero-order chi connectivity index (χ0) is 17.9. The fourth-order valence-electron chi connectivity index (χ4n) is 4.64. The highest BCUT2D eigenvalue weighted by atomic mass is 16.5. The van der Waals surface area contributed by atoms with E-state index in [9.17, 15) is 14.4 Å². The maximum atomic E-state index is 12.7. The Morgan fingerprint density at radius 2 is 1.85 bits per heavy atom. The molecule has 0 N–H and O–H groups in total. The lowest BCUT2D eigenvalue weighted by Gasteiger charge is -2.35. The van der Waals surface area contributed by atoms with Crippen LogP contribution in [-0.2, 0) is 22.7 Å². The van der Waals surface area contributed by atoms with E-state index in [0.29, 0.717) is 31.9 Å². The topological polar surface area (TPSA) is 86.4 Å². The number of hydrogen-bond acceptors (Lipinski definition) is 5. The van der Waals surface area contributed by atoms with Crippen molar-refractivity contribution < 1.29 is 9.53 Å². The summed E-state index contributed by atoms with van der Waals surface area (Å²) in [5.41, 5.74) is -1.59. The van der Waals surface area contributed by atoms with Gasteiger partial charge in [-0.2, -0.15) is 5.10 Å². The zero-order valence-corrected chi connectivity index (χ0v) is 14.9. The van der Waals surface area contributed by atoms with E-state index in [4.69, 9.17) is 4.74 Å². The van der Waals surface area contributed by atoms with Gasteiger partial charge in [-0.15, -0.1) is 0 Å². The Labute approximate surface area is 150 Å². The quantitative estimate of drug-likeness (QED) is 0.714. The van der Waals surface area contributed by atoms with E-state index in [1.165, 1.54) is 9.25 Å². The van der Waals surface area contributed by atoms with Crippen LogP contribution in [0.2, 0.25) is 0 Å². The lowest BCUT2D eigenvalue weighted by molar-refractivity contribution is -0.134. The van der Waals surface area contributed by atoms with E-state index >= 15 is 0 Å². The number of rotatable bonds is 2. The Hall–Kier alpha value is -1.96. The first kappa shape index (κ1) is 16.2. The van der Waals surface area contributed by atoms with Gasteiger partial charge in [0.05, 0.1) is 19.1 Å². The van der Waals surface area contributed by atoms with Crippen LogP contribution >= 0.6 is 0 Å². The lowest BCUT2D eigenvalue weighted by atomic mass is 10.0. The molecule has 1 spiro atoms. The van der Waals surface area contributed by atoms with Gasteiger partial charge in [0.2, 0.25) is 5.91 Å². The number of hydrogen-bond donors (Lipinski definition) is 0. The SMILES string of the molecule is O=C(C1CC1)N1CC[C@@]2(C1)Cn1c(nn(C3CCCC3)c(=O)c1=O)CO2. The number of aromatic nitrogens is 3. The number of fused-ring (bicyclic) bond motifs is 1. The average Bonchev–Trinajstić information content (AvgIpc) is 3.20. The second kappa shape index (κ2) is 5.77. The summed E-state index contributed by atoms with van der Waals surface area (Å²) in [6.07, 6.45) is 6.61. The number of nitrogens with zero attached hydrogens (tertiary/aromatic N) is 4. The van der Waals surface area contributed by atoms with Crippen LogP contribution in [0.5, 0.6) is 0 Å². The fraction of sp³-hybridized carbons (Fsp3) is 0.778. The van der Waals surface area contributed by atoms with Crippen molar-refractivity contribution in [1.29, 1.82) is 0 Å². The first-order chi connectivity index (χ1) is 12.6. The molecule has 0 radical (unpaired) electrons. The molecule has 2 aliphatic heterocycles. The molecule has 1 aromatic rings. The second-order valence-electron chi connectivity index (χ2n) is 8.25. The van der Waals surface area contributed by atoms with Gasteiger partial charge in [-0.3, -0.25) is 19.0 Å². The van der Waals surface area contributed by atoms with Gasteiger partial charge in [-0.05, 0) is 32.1 Å². The van der Waals surface area contributed by atoms with Crippen LogP contribution in [0.1, 0.15) is 56.8 Å². The van der Waals surface area contributed by atoms with Gasteiger partial charge >= 0.3 is 11.1 Å².